The van der Waals surface area contributed by atoms with Crippen molar-refractivity contribution in [3.8, 4) is 0 Å². The van der Waals surface area contributed by atoms with E-state index < -0.39 is 10.5 Å². The van der Waals surface area contributed by atoms with Crippen LogP contribution in [0.15, 0.2) is 12.1 Å². The van der Waals surface area contributed by atoms with Crippen LogP contribution in [0.2, 0.25) is 0 Å². The largest absolute Gasteiger partial charge is 2.00 e. The molecule has 0 amide bonds. The molecule has 0 unspecified atom stereocenters. The number of hydrogen-bond acceptors (Lipinski definition) is 0. The average molecular weight is 532 g/mol. The van der Waals surface area contributed by atoms with Crippen LogP contribution < -0.4 is 38.4 Å². The van der Waals surface area contributed by atoms with E-state index in [-0.39, 0.29) is 57.0 Å². The standard InChI is InChI=1S/C12H17.Al.4BrH.Mg/c1-4-10-8-7-9-11(5-2)12(10)6-3;;;;;;/h7-8H,4-6H2,1-3H3;;4*1H;/q;+2;;;;;+2/p-4. The van der Waals surface area contributed by atoms with E-state index in [0.29, 0.717) is 0 Å². The second-order valence-electron chi connectivity index (χ2n) is 3.63. The third-order valence-corrected chi connectivity index (χ3v) is 6.86. The second kappa shape index (κ2) is 13.1. The predicted molar refractivity (Wildman–Crippen MR) is 83.6 cm³/mol. The Morgan fingerprint density at radius 3 is 1.72 bits per heavy atom. The van der Waals surface area contributed by atoms with Gasteiger partial charge in [-0.25, -0.2) is 0 Å². The molecule has 0 spiro atoms. The minimum absolute atomic E-state index is 0. The van der Waals surface area contributed by atoms with E-state index in [1.807, 2.05) is 0 Å². The molecule has 18 heavy (non-hydrogen) atoms. The maximum absolute atomic E-state index is 3.74. The van der Waals surface area contributed by atoms with Crippen LogP contribution >= 0.6 is 28.1 Å². The summed E-state index contributed by atoms with van der Waals surface area (Å²) in [7, 11) is -1.03. The van der Waals surface area contributed by atoms with Crippen molar-refractivity contribution < 1.29 is 34.0 Å². The van der Waals surface area contributed by atoms with Gasteiger partial charge in [-0.15, -0.1) is 0 Å². The van der Waals surface area contributed by atoms with Crippen molar-refractivity contribution in [1.29, 1.82) is 0 Å². The molecule has 98 valence electrons. The molecule has 0 saturated heterocycles. The zero-order valence-electron chi connectivity index (χ0n) is 11.1. The number of hydrogen-bond donors (Lipinski definition) is 0. The quantitative estimate of drug-likeness (QED) is 0.377. The molecular weight excluding hydrogens is 515 g/mol. The molecule has 0 aliphatic rings. The number of aryl methyl sites for hydroxylation is 1. The van der Waals surface area contributed by atoms with Crippen LogP contribution in [0.4, 0.5) is 0 Å². The van der Waals surface area contributed by atoms with E-state index in [9.17, 15) is 0 Å². The molecule has 0 aromatic heterocycles. The first-order valence-corrected chi connectivity index (χ1v) is 12.5. The Morgan fingerprint density at radius 2 is 1.39 bits per heavy atom. The van der Waals surface area contributed by atoms with Crippen LogP contribution in [0, 0.1) is 0 Å². The maximum Gasteiger partial charge on any atom is 2.00 e. The molecule has 0 bridgehead atoms. The Kier molecular flexibility index (Phi) is 18.5. The van der Waals surface area contributed by atoms with Gasteiger partial charge < -0.3 is 34.0 Å². The maximum atomic E-state index is 3.74. The van der Waals surface area contributed by atoms with E-state index in [2.05, 4.69) is 61.0 Å². The molecule has 0 nitrogen and oxygen atoms in total. The van der Waals surface area contributed by atoms with Gasteiger partial charge in [-0.3, -0.25) is 0 Å². The topological polar surface area (TPSA) is 0 Å². The summed E-state index contributed by atoms with van der Waals surface area (Å²) in [5.41, 5.74) is 4.67. The predicted octanol–water partition coefficient (Wildman–Crippen LogP) is -2.51. The van der Waals surface area contributed by atoms with Crippen molar-refractivity contribution in [1.82, 2.24) is 0 Å². The number of benzene rings is 1. The molecule has 1 rings (SSSR count). The van der Waals surface area contributed by atoms with Crippen LogP contribution in [-0.4, -0.2) is 33.5 Å². The van der Waals surface area contributed by atoms with Gasteiger partial charge in [0.25, 0.3) is 0 Å². The molecule has 0 radical (unpaired) electrons. The minimum atomic E-state index is -1.03. The first kappa shape index (κ1) is 25.4. The second-order valence-corrected chi connectivity index (χ2v) is 14.0. The summed E-state index contributed by atoms with van der Waals surface area (Å²) in [6.45, 7) is 6.76. The van der Waals surface area contributed by atoms with E-state index in [1.54, 1.807) is 11.1 Å². The van der Waals surface area contributed by atoms with Crippen LogP contribution in [0.1, 0.15) is 37.5 Å². The van der Waals surface area contributed by atoms with Gasteiger partial charge in [0.05, 0.1) is 0 Å². The number of halogens is 4. The fourth-order valence-corrected chi connectivity index (χ4v) is 5.61. The average Bonchev–Trinajstić information content (AvgIpc) is 2.26. The van der Waals surface area contributed by atoms with Crippen molar-refractivity contribution in [2.45, 2.75) is 40.0 Å². The van der Waals surface area contributed by atoms with E-state index >= 15 is 0 Å². The molecule has 6 heteroatoms. The van der Waals surface area contributed by atoms with Gasteiger partial charge >= 0.3 is 33.5 Å². The molecule has 0 aliphatic heterocycles. The van der Waals surface area contributed by atoms with Gasteiger partial charge in [0.15, 0.2) is 0 Å². The SMILES string of the molecule is CCc1cc[c]([Al]([Br])[Br])c(CC)c1CC.[Br-].[Br-].[Mg+2]. The van der Waals surface area contributed by atoms with E-state index in [1.165, 1.54) is 9.99 Å². The van der Waals surface area contributed by atoms with Crippen molar-refractivity contribution in [3.63, 3.8) is 0 Å². The molecule has 0 N–H and O–H groups in total. The molecular formula is C12H17AlBr4Mg. The Hall–Kier alpha value is 2.44. The monoisotopic (exact) mass is 528 g/mol. The van der Waals surface area contributed by atoms with Crippen molar-refractivity contribution in [3.05, 3.63) is 28.8 Å². The summed E-state index contributed by atoms with van der Waals surface area (Å²) in [5.74, 6) is 0. The first-order chi connectivity index (χ1) is 7.15. The fourth-order valence-electron chi connectivity index (χ4n) is 2.15. The summed E-state index contributed by atoms with van der Waals surface area (Å²) in [4.78, 5) is 0. The normalized spacial score (nSPS) is 8.72. The van der Waals surface area contributed by atoms with Crippen LogP contribution in [0.25, 0.3) is 0 Å². The zero-order valence-corrected chi connectivity index (χ0v) is 20.0. The Bertz CT molecular complexity index is 345. The Labute approximate surface area is 166 Å². The summed E-state index contributed by atoms with van der Waals surface area (Å²) in [6, 6.07) is 4.60. The van der Waals surface area contributed by atoms with Crippen LogP contribution in [-0.2, 0) is 19.3 Å². The molecule has 0 aliphatic carbocycles. The summed E-state index contributed by atoms with van der Waals surface area (Å²) >= 11 is 7.48. The molecule has 0 saturated carbocycles. The van der Waals surface area contributed by atoms with Crippen molar-refractivity contribution in [2.24, 2.45) is 0 Å². The van der Waals surface area contributed by atoms with Crippen molar-refractivity contribution >= 4 is 66.1 Å². The molecule has 0 fully saturated rings. The molecule has 0 heterocycles. The van der Waals surface area contributed by atoms with Gasteiger partial charge in [-0.2, -0.15) is 28.1 Å². The summed E-state index contributed by atoms with van der Waals surface area (Å²) < 4.78 is 1.52. The third kappa shape index (κ3) is 6.47. The van der Waals surface area contributed by atoms with E-state index in [0.717, 1.165) is 19.3 Å². The van der Waals surface area contributed by atoms with Crippen LogP contribution in [0.5, 0.6) is 0 Å². The van der Waals surface area contributed by atoms with Gasteiger partial charge in [0, 0.05) is 0 Å². The van der Waals surface area contributed by atoms with Crippen molar-refractivity contribution in [2.75, 3.05) is 0 Å². The van der Waals surface area contributed by atoms with Gasteiger partial charge in [0.1, 0.15) is 0 Å². The van der Waals surface area contributed by atoms with Crippen LogP contribution in [0.3, 0.4) is 0 Å². The van der Waals surface area contributed by atoms with Gasteiger partial charge in [-0.1, -0.05) is 42.9 Å². The van der Waals surface area contributed by atoms with E-state index in [4.69, 9.17) is 0 Å². The molecule has 0 atom stereocenters. The zero-order chi connectivity index (χ0) is 11.4. The first-order valence-electron chi connectivity index (χ1n) is 5.57. The Morgan fingerprint density at radius 1 is 0.889 bits per heavy atom. The minimum Gasteiger partial charge on any atom is -1.00 e. The third-order valence-electron chi connectivity index (χ3n) is 2.89. The number of rotatable bonds is 4. The fraction of sp³-hybridized carbons (Fsp3) is 0.500. The Balaban J connectivity index is -0.000000750. The van der Waals surface area contributed by atoms with Gasteiger partial charge in [0.2, 0.25) is 0 Å². The molecule has 1 aromatic carbocycles. The van der Waals surface area contributed by atoms with Gasteiger partial charge in [-0.05, 0) is 30.4 Å². The summed E-state index contributed by atoms with van der Waals surface area (Å²) in [5, 5.41) is 0. The smallest absolute Gasteiger partial charge is 1.00 e. The molecule has 1 aromatic rings. The summed E-state index contributed by atoms with van der Waals surface area (Å²) in [6.07, 6.45) is 3.45.